The lowest BCUT2D eigenvalue weighted by Crippen LogP contribution is -2.40. The van der Waals surface area contributed by atoms with Gasteiger partial charge < -0.3 is 11.5 Å². The van der Waals surface area contributed by atoms with Gasteiger partial charge in [-0.1, -0.05) is 24.3 Å². The van der Waals surface area contributed by atoms with E-state index in [2.05, 4.69) is 0 Å². The number of hydrogen-bond donors (Lipinski definition) is 2. The van der Waals surface area contributed by atoms with Crippen molar-refractivity contribution in [3.8, 4) is 0 Å². The predicted molar refractivity (Wildman–Crippen MR) is 69.7 cm³/mol. The zero-order valence-electron chi connectivity index (χ0n) is 9.87. The average Bonchev–Trinajstić information content (AvgIpc) is 2.34. The highest BCUT2D eigenvalue weighted by molar-refractivity contribution is 5.35. The molecule has 5 nitrogen and oxygen atoms in total. The molecule has 0 saturated heterocycles. The summed E-state index contributed by atoms with van der Waals surface area (Å²) in [5.74, 6) is 0. The summed E-state index contributed by atoms with van der Waals surface area (Å²) in [7, 11) is 0. The van der Waals surface area contributed by atoms with E-state index in [1.165, 1.54) is 12.1 Å². The van der Waals surface area contributed by atoms with E-state index in [0.717, 1.165) is 11.3 Å². The zero-order chi connectivity index (χ0) is 13.2. The number of allylic oxidation sites excluding steroid dienone is 1. The van der Waals surface area contributed by atoms with Gasteiger partial charge in [0, 0.05) is 23.4 Å². The fourth-order valence-corrected chi connectivity index (χ4v) is 1.95. The van der Waals surface area contributed by atoms with E-state index in [4.69, 9.17) is 11.5 Å². The van der Waals surface area contributed by atoms with Gasteiger partial charge in [-0.2, -0.15) is 0 Å². The molecule has 0 saturated carbocycles. The molecule has 1 unspecified atom stereocenters. The van der Waals surface area contributed by atoms with Crippen LogP contribution in [0.5, 0.6) is 0 Å². The molecule has 18 heavy (non-hydrogen) atoms. The lowest BCUT2D eigenvalue weighted by atomic mass is 9.85. The molecule has 0 fully saturated rings. The van der Waals surface area contributed by atoms with Crippen molar-refractivity contribution in [3.63, 3.8) is 0 Å². The summed E-state index contributed by atoms with van der Waals surface area (Å²) in [4.78, 5) is 10.1. The Hall–Kier alpha value is -2.14. The van der Waals surface area contributed by atoms with Crippen molar-refractivity contribution in [2.24, 2.45) is 11.5 Å². The highest BCUT2D eigenvalue weighted by atomic mass is 16.6. The quantitative estimate of drug-likeness (QED) is 0.625. The largest absolute Gasteiger partial charge is 0.399 e. The summed E-state index contributed by atoms with van der Waals surface area (Å²) in [5, 5.41) is 10.5. The van der Waals surface area contributed by atoms with Crippen LogP contribution < -0.4 is 11.5 Å². The standard InChI is InChI=1S/C13H15N3O2/c14-11-5-7-13(15,8-6-11)9-10-1-3-12(4-2-10)16(17)18/h1-7H,8-9,14-15H2. The van der Waals surface area contributed by atoms with Crippen molar-refractivity contribution >= 4 is 5.69 Å². The van der Waals surface area contributed by atoms with Crippen molar-refractivity contribution in [1.29, 1.82) is 0 Å². The van der Waals surface area contributed by atoms with Gasteiger partial charge in [0.05, 0.1) is 4.92 Å². The van der Waals surface area contributed by atoms with Crippen LogP contribution in [-0.4, -0.2) is 10.5 Å². The highest BCUT2D eigenvalue weighted by Gasteiger charge is 2.23. The predicted octanol–water partition coefficient (Wildman–Crippen LogP) is 1.64. The molecule has 1 aromatic carbocycles. The van der Waals surface area contributed by atoms with Gasteiger partial charge in [0.2, 0.25) is 0 Å². The van der Waals surface area contributed by atoms with Gasteiger partial charge in [-0.25, -0.2) is 0 Å². The maximum atomic E-state index is 10.5. The number of nitrogens with two attached hydrogens (primary N) is 2. The molecule has 2 rings (SSSR count). The maximum Gasteiger partial charge on any atom is 0.269 e. The van der Waals surface area contributed by atoms with E-state index in [1.54, 1.807) is 18.2 Å². The Kier molecular flexibility index (Phi) is 3.16. The van der Waals surface area contributed by atoms with Gasteiger partial charge in [0.25, 0.3) is 5.69 Å². The van der Waals surface area contributed by atoms with Gasteiger partial charge in [0.15, 0.2) is 0 Å². The van der Waals surface area contributed by atoms with Crippen LogP contribution in [0.4, 0.5) is 5.69 Å². The van der Waals surface area contributed by atoms with Crippen molar-refractivity contribution in [1.82, 2.24) is 0 Å². The molecule has 0 amide bonds. The second-order valence-electron chi connectivity index (χ2n) is 4.58. The third-order valence-electron chi connectivity index (χ3n) is 3.01. The van der Waals surface area contributed by atoms with E-state index in [9.17, 15) is 10.1 Å². The van der Waals surface area contributed by atoms with Crippen LogP contribution in [0, 0.1) is 10.1 Å². The molecule has 0 heterocycles. The molecule has 0 aromatic heterocycles. The van der Waals surface area contributed by atoms with Crippen LogP contribution in [0.25, 0.3) is 0 Å². The minimum atomic E-state index is -0.459. The Balaban J connectivity index is 2.10. The Morgan fingerprint density at radius 3 is 2.50 bits per heavy atom. The molecule has 0 bridgehead atoms. The second kappa shape index (κ2) is 4.62. The minimum absolute atomic E-state index is 0.0909. The fourth-order valence-electron chi connectivity index (χ4n) is 1.95. The SMILES string of the molecule is NC1=CCC(N)(Cc2ccc([N+](=O)[O-])cc2)C=C1. The molecule has 94 valence electrons. The normalized spacial score (nSPS) is 22.6. The van der Waals surface area contributed by atoms with Crippen molar-refractivity contribution in [2.75, 3.05) is 0 Å². The first-order chi connectivity index (χ1) is 8.48. The van der Waals surface area contributed by atoms with E-state index < -0.39 is 10.5 Å². The van der Waals surface area contributed by atoms with E-state index in [-0.39, 0.29) is 5.69 Å². The first kappa shape index (κ1) is 12.3. The van der Waals surface area contributed by atoms with Crippen molar-refractivity contribution < 1.29 is 4.92 Å². The lowest BCUT2D eigenvalue weighted by molar-refractivity contribution is -0.384. The monoisotopic (exact) mass is 245 g/mol. The van der Waals surface area contributed by atoms with Crippen molar-refractivity contribution in [3.05, 3.63) is 63.9 Å². The average molecular weight is 245 g/mol. The first-order valence-corrected chi connectivity index (χ1v) is 5.66. The Morgan fingerprint density at radius 1 is 1.33 bits per heavy atom. The molecule has 1 aromatic rings. The van der Waals surface area contributed by atoms with Crippen LogP contribution in [0.1, 0.15) is 12.0 Å². The van der Waals surface area contributed by atoms with E-state index in [1.807, 2.05) is 12.2 Å². The van der Waals surface area contributed by atoms with Crippen LogP contribution in [-0.2, 0) is 6.42 Å². The smallest absolute Gasteiger partial charge is 0.269 e. The Labute approximate surface area is 105 Å². The minimum Gasteiger partial charge on any atom is -0.399 e. The maximum absolute atomic E-state index is 10.5. The Bertz CT molecular complexity index is 520. The third-order valence-corrected chi connectivity index (χ3v) is 3.01. The highest BCUT2D eigenvalue weighted by Crippen LogP contribution is 2.22. The number of nitro benzene ring substituents is 1. The number of rotatable bonds is 3. The molecular formula is C13H15N3O2. The Morgan fingerprint density at radius 2 is 2.00 bits per heavy atom. The van der Waals surface area contributed by atoms with Gasteiger partial charge in [-0.3, -0.25) is 10.1 Å². The molecule has 1 atom stereocenters. The molecule has 1 aliphatic rings. The number of nitrogens with zero attached hydrogens (tertiary/aromatic N) is 1. The lowest BCUT2D eigenvalue weighted by Gasteiger charge is -2.27. The van der Waals surface area contributed by atoms with Crippen LogP contribution in [0.15, 0.2) is 48.2 Å². The summed E-state index contributed by atoms with van der Waals surface area (Å²) in [6.45, 7) is 0. The summed E-state index contributed by atoms with van der Waals surface area (Å²) in [5.41, 5.74) is 13.2. The number of nitro groups is 1. The summed E-state index contributed by atoms with van der Waals surface area (Å²) >= 11 is 0. The molecule has 1 aliphatic carbocycles. The number of non-ortho nitro benzene ring substituents is 1. The van der Waals surface area contributed by atoms with Crippen LogP contribution in [0.2, 0.25) is 0 Å². The molecular weight excluding hydrogens is 230 g/mol. The number of benzene rings is 1. The summed E-state index contributed by atoms with van der Waals surface area (Å²) in [6, 6.07) is 6.47. The summed E-state index contributed by atoms with van der Waals surface area (Å²) in [6.07, 6.45) is 6.89. The van der Waals surface area contributed by atoms with Crippen LogP contribution >= 0.6 is 0 Å². The van der Waals surface area contributed by atoms with E-state index in [0.29, 0.717) is 12.8 Å². The molecule has 0 radical (unpaired) electrons. The van der Waals surface area contributed by atoms with Crippen LogP contribution in [0.3, 0.4) is 0 Å². The zero-order valence-corrected chi connectivity index (χ0v) is 9.87. The van der Waals surface area contributed by atoms with Gasteiger partial charge in [-0.05, 0) is 24.5 Å². The van der Waals surface area contributed by atoms with Crippen molar-refractivity contribution in [2.45, 2.75) is 18.4 Å². The molecule has 4 N–H and O–H groups in total. The second-order valence-corrected chi connectivity index (χ2v) is 4.58. The van der Waals surface area contributed by atoms with E-state index >= 15 is 0 Å². The van der Waals surface area contributed by atoms with Gasteiger partial charge in [0.1, 0.15) is 0 Å². The topological polar surface area (TPSA) is 95.2 Å². The molecule has 5 heteroatoms. The number of hydrogen-bond acceptors (Lipinski definition) is 4. The first-order valence-electron chi connectivity index (χ1n) is 5.66. The third kappa shape index (κ3) is 2.75. The van der Waals surface area contributed by atoms with Gasteiger partial charge >= 0.3 is 0 Å². The molecule has 0 aliphatic heterocycles. The summed E-state index contributed by atoms with van der Waals surface area (Å²) < 4.78 is 0. The van der Waals surface area contributed by atoms with Gasteiger partial charge in [-0.15, -0.1) is 0 Å². The fraction of sp³-hybridized carbons (Fsp3) is 0.231. The molecule has 0 spiro atoms.